The molecule has 0 aliphatic rings. The van der Waals surface area contributed by atoms with E-state index in [-0.39, 0.29) is 12.0 Å². The van der Waals surface area contributed by atoms with Crippen LogP contribution < -0.4 is 19.5 Å². The van der Waals surface area contributed by atoms with Crippen LogP contribution in [0.15, 0.2) is 48.5 Å². The second-order valence-electron chi connectivity index (χ2n) is 5.88. The van der Waals surface area contributed by atoms with E-state index in [4.69, 9.17) is 14.2 Å². The molecule has 134 valence electrons. The van der Waals surface area contributed by atoms with Crippen LogP contribution in [0.2, 0.25) is 0 Å². The second kappa shape index (κ2) is 8.97. The summed E-state index contributed by atoms with van der Waals surface area (Å²) < 4.78 is 16.6. The summed E-state index contributed by atoms with van der Waals surface area (Å²) in [5.41, 5.74) is 0.677. The van der Waals surface area contributed by atoms with E-state index in [2.05, 4.69) is 5.32 Å². The van der Waals surface area contributed by atoms with E-state index < -0.39 is 6.10 Å². The summed E-state index contributed by atoms with van der Waals surface area (Å²) in [6.07, 6.45) is 0.0260. The van der Waals surface area contributed by atoms with Gasteiger partial charge in [-0.15, -0.1) is 0 Å². The highest BCUT2D eigenvalue weighted by Gasteiger charge is 2.19. The number of rotatable bonds is 8. The van der Waals surface area contributed by atoms with E-state index in [1.807, 2.05) is 51.1 Å². The Morgan fingerprint density at radius 2 is 1.64 bits per heavy atom. The van der Waals surface area contributed by atoms with Crippen LogP contribution in [0.1, 0.15) is 27.2 Å². The van der Waals surface area contributed by atoms with Gasteiger partial charge in [0.25, 0.3) is 5.91 Å². The summed E-state index contributed by atoms with van der Waals surface area (Å²) in [6, 6.07) is 14.5. The molecule has 0 saturated heterocycles. The molecule has 0 unspecified atom stereocenters. The highest BCUT2D eigenvalue weighted by molar-refractivity contribution is 5.94. The van der Waals surface area contributed by atoms with Gasteiger partial charge < -0.3 is 19.5 Å². The SMILES string of the molecule is CC[C@@H](Oc1cccc(OC)c1)C(=O)Nc1cccc(OC(C)C)c1. The Kier molecular flexibility index (Phi) is 6.69. The highest BCUT2D eigenvalue weighted by atomic mass is 16.5. The molecule has 5 heteroatoms. The first-order valence-corrected chi connectivity index (χ1v) is 8.40. The van der Waals surface area contributed by atoms with Crippen molar-refractivity contribution >= 4 is 11.6 Å². The van der Waals surface area contributed by atoms with Crippen LogP contribution in [0.3, 0.4) is 0 Å². The van der Waals surface area contributed by atoms with Gasteiger partial charge in [-0.25, -0.2) is 0 Å². The maximum absolute atomic E-state index is 12.5. The molecule has 0 aliphatic heterocycles. The van der Waals surface area contributed by atoms with Crippen molar-refractivity contribution in [2.75, 3.05) is 12.4 Å². The Balaban J connectivity index is 2.04. The molecular weight excluding hydrogens is 318 g/mol. The van der Waals surface area contributed by atoms with Crippen LogP contribution >= 0.6 is 0 Å². The number of anilines is 1. The molecule has 1 amide bonds. The predicted molar refractivity (Wildman–Crippen MR) is 98.5 cm³/mol. The van der Waals surface area contributed by atoms with Crippen LogP contribution in [0.5, 0.6) is 17.2 Å². The van der Waals surface area contributed by atoms with Crippen molar-refractivity contribution in [3.63, 3.8) is 0 Å². The zero-order valence-electron chi connectivity index (χ0n) is 15.1. The number of amides is 1. The van der Waals surface area contributed by atoms with Crippen LogP contribution in [0.25, 0.3) is 0 Å². The van der Waals surface area contributed by atoms with Gasteiger partial charge in [-0.3, -0.25) is 4.79 Å². The van der Waals surface area contributed by atoms with E-state index in [1.165, 1.54) is 0 Å². The van der Waals surface area contributed by atoms with Crippen LogP contribution in [0, 0.1) is 0 Å². The van der Waals surface area contributed by atoms with E-state index in [0.29, 0.717) is 23.6 Å². The first-order chi connectivity index (χ1) is 12.0. The molecule has 0 aliphatic carbocycles. The molecule has 0 bridgehead atoms. The zero-order valence-corrected chi connectivity index (χ0v) is 15.1. The normalized spacial score (nSPS) is 11.7. The van der Waals surface area contributed by atoms with Gasteiger partial charge in [0, 0.05) is 17.8 Å². The third-order valence-electron chi connectivity index (χ3n) is 3.46. The molecule has 1 atom stereocenters. The highest BCUT2D eigenvalue weighted by Crippen LogP contribution is 2.22. The van der Waals surface area contributed by atoms with E-state index >= 15 is 0 Å². The van der Waals surface area contributed by atoms with Crippen molar-refractivity contribution < 1.29 is 19.0 Å². The van der Waals surface area contributed by atoms with Gasteiger partial charge in [-0.1, -0.05) is 19.1 Å². The Morgan fingerprint density at radius 3 is 2.28 bits per heavy atom. The molecular formula is C20H25NO4. The number of carbonyl (C=O) groups is 1. The van der Waals surface area contributed by atoms with Gasteiger partial charge in [0.2, 0.25) is 0 Å². The summed E-state index contributed by atoms with van der Waals surface area (Å²) in [5.74, 6) is 1.80. The van der Waals surface area contributed by atoms with Gasteiger partial charge >= 0.3 is 0 Å². The summed E-state index contributed by atoms with van der Waals surface area (Å²) >= 11 is 0. The summed E-state index contributed by atoms with van der Waals surface area (Å²) in [7, 11) is 1.59. The maximum atomic E-state index is 12.5. The Labute approximate surface area is 148 Å². The number of ether oxygens (including phenoxy) is 3. The molecule has 0 fully saturated rings. The van der Waals surface area contributed by atoms with Crippen LogP contribution in [-0.4, -0.2) is 25.2 Å². The minimum atomic E-state index is -0.596. The average Bonchev–Trinajstić information content (AvgIpc) is 2.59. The molecule has 2 rings (SSSR count). The molecule has 0 radical (unpaired) electrons. The number of methoxy groups -OCH3 is 1. The smallest absolute Gasteiger partial charge is 0.265 e. The number of hydrogen-bond acceptors (Lipinski definition) is 4. The molecule has 1 N–H and O–H groups in total. The molecule has 5 nitrogen and oxygen atoms in total. The molecule has 0 spiro atoms. The van der Waals surface area contributed by atoms with Crippen molar-refractivity contribution in [3.8, 4) is 17.2 Å². The van der Waals surface area contributed by atoms with Crippen LogP contribution in [-0.2, 0) is 4.79 Å². The molecule has 0 aromatic heterocycles. The Morgan fingerprint density at radius 1 is 1.00 bits per heavy atom. The van der Waals surface area contributed by atoms with Crippen molar-refractivity contribution in [1.29, 1.82) is 0 Å². The average molecular weight is 343 g/mol. The van der Waals surface area contributed by atoms with E-state index in [0.717, 1.165) is 5.75 Å². The van der Waals surface area contributed by atoms with Gasteiger partial charge in [0.1, 0.15) is 17.2 Å². The van der Waals surface area contributed by atoms with Crippen molar-refractivity contribution in [2.45, 2.75) is 39.4 Å². The van der Waals surface area contributed by atoms with Gasteiger partial charge in [0.15, 0.2) is 6.10 Å². The van der Waals surface area contributed by atoms with Gasteiger partial charge in [-0.2, -0.15) is 0 Å². The fourth-order valence-corrected chi connectivity index (χ4v) is 2.30. The second-order valence-corrected chi connectivity index (χ2v) is 5.88. The number of nitrogens with one attached hydrogen (secondary N) is 1. The Hall–Kier alpha value is -2.69. The fraction of sp³-hybridized carbons (Fsp3) is 0.350. The van der Waals surface area contributed by atoms with Crippen molar-refractivity contribution in [1.82, 2.24) is 0 Å². The lowest BCUT2D eigenvalue weighted by Crippen LogP contribution is -2.32. The lowest BCUT2D eigenvalue weighted by atomic mass is 10.2. The zero-order chi connectivity index (χ0) is 18.2. The monoisotopic (exact) mass is 343 g/mol. The summed E-state index contributed by atoms with van der Waals surface area (Å²) in [5, 5.41) is 2.88. The third kappa shape index (κ3) is 5.71. The lowest BCUT2D eigenvalue weighted by molar-refractivity contribution is -0.122. The fourth-order valence-electron chi connectivity index (χ4n) is 2.30. The topological polar surface area (TPSA) is 56.8 Å². The Bertz CT molecular complexity index is 700. The summed E-state index contributed by atoms with van der Waals surface area (Å²) in [6.45, 7) is 5.82. The number of benzene rings is 2. The molecule has 2 aromatic rings. The number of hydrogen-bond donors (Lipinski definition) is 1. The molecule has 25 heavy (non-hydrogen) atoms. The largest absolute Gasteiger partial charge is 0.497 e. The standard InChI is InChI=1S/C20H25NO4/c1-5-19(25-18-11-7-9-16(13-18)23-4)20(22)21-15-8-6-10-17(12-15)24-14(2)3/h6-14,19H,5H2,1-4H3,(H,21,22)/t19-/m1/s1. The lowest BCUT2D eigenvalue weighted by Gasteiger charge is -2.18. The van der Waals surface area contributed by atoms with E-state index in [9.17, 15) is 4.79 Å². The minimum Gasteiger partial charge on any atom is -0.497 e. The minimum absolute atomic E-state index is 0.0748. The first-order valence-electron chi connectivity index (χ1n) is 8.40. The number of carbonyl (C=O) groups excluding carboxylic acids is 1. The quantitative estimate of drug-likeness (QED) is 0.777. The molecule has 2 aromatic carbocycles. The van der Waals surface area contributed by atoms with Crippen molar-refractivity contribution in [3.05, 3.63) is 48.5 Å². The van der Waals surface area contributed by atoms with Crippen molar-refractivity contribution in [2.24, 2.45) is 0 Å². The van der Waals surface area contributed by atoms with E-state index in [1.54, 1.807) is 25.3 Å². The van der Waals surface area contributed by atoms with Gasteiger partial charge in [0.05, 0.1) is 13.2 Å². The van der Waals surface area contributed by atoms with Crippen LogP contribution in [0.4, 0.5) is 5.69 Å². The predicted octanol–water partition coefficient (Wildman–Crippen LogP) is 4.28. The molecule has 0 saturated carbocycles. The first kappa shape index (κ1) is 18.6. The molecule has 0 heterocycles. The van der Waals surface area contributed by atoms with Gasteiger partial charge in [-0.05, 0) is 44.5 Å². The third-order valence-corrected chi connectivity index (χ3v) is 3.46. The maximum Gasteiger partial charge on any atom is 0.265 e. The summed E-state index contributed by atoms with van der Waals surface area (Å²) in [4.78, 5) is 12.5.